The van der Waals surface area contributed by atoms with E-state index < -0.39 is 11.9 Å². The number of hydrazone groups is 1. The molecule has 0 aliphatic carbocycles. The lowest BCUT2D eigenvalue weighted by atomic mass is 10.1. The van der Waals surface area contributed by atoms with Crippen molar-refractivity contribution in [1.29, 1.82) is 0 Å². The molecule has 0 aliphatic rings. The average molecular weight is 438 g/mol. The number of pyridine rings is 1. The Morgan fingerprint density at radius 3 is 2.68 bits per heavy atom. The summed E-state index contributed by atoms with van der Waals surface area (Å²) in [5, 5.41) is 3.95. The summed E-state index contributed by atoms with van der Waals surface area (Å²) < 4.78 is 6.29. The van der Waals surface area contributed by atoms with Gasteiger partial charge < -0.3 is 4.74 Å². The van der Waals surface area contributed by atoms with Gasteiger partial charge in [-0.25, -0.2) is 10.2 Å². The number of hydrogen-bond donors (Lipinski definition) is 1. The van der Waals surface area contributed by atoms with E-state index in [1.807, 2.05) is 13.0 Å². The van der Waals surface area contributed by atoms with Gasteiger partial charge in [0.2, 0.25) is 0 Å². The smallest absolute Gasteiger partial charge is 0.343 e. The van der Waals surface area contributed by atoms with E-state index >= 15 is 0 Å². The van der Waals surface area contributed by atoms with Crippen molar-refractivity contribution < 1.29 is 14.3 Å². The number of aryl methyl sites for hydroxylation is 1. The van der Waals surface area contributed by atoms with Crippen LogP contribution >= 0.6 is 15.9 Å². The number of aromatic nitrogens is 1. The minimum atomic E-state index is -0.472. The van der Waals surface area contributed by atoms with Crippen LogP contribution < -0.4 is 10.2 Å². The Hall–Kier alpha value is -3.32. The molecule has 140 valence electrons. The molecule has 0 spiro atoms. The van der Waals surface area contributed by atoms with Crippen molar-refractivity contribution in [3.8, 4) is 5.75 Å². The van der Waals surface area contributed by atoms with Crippen molar-refractivity contribution in [3.63, 3.8) is 0 Å². The van der Waals surface area contributed by atoms with Gasteiger partial charge in [0.15, 0.2) is 0 Å². The van der Waals surface area contributed by atoms with Crippen LogP contribution in [0, 0.1) is 6.92 Å². The second kappa shape index (κ2) is 9.05. The van der Waals surface area contributed by atoms with Gasteiger partial charge in [-0.1, -0.05) is 33.6 Å². The molecule has 0 fully saturated rings. The number of esters is 1. The van der Waals surface area contributed by atoms with Gasteiger partial charge in [0.1, 0.15) is 5.75 Å². The van der Waals surface area contributed by atoms with Crippen LogP contribution in [0.1, 0.15) is 31.8 Å². The number of hydrogen-bond acceptors (Lipinski definition) is 5. The molecule has 0 saturated heterocycles. The van der Waals surface area contributed by atoms with Crippen molar-refractivity contribution in [1.82, 2.24) is 10.4 Å². The molecule has 1 heterocycles. The van der Waals surface area contributed by atoms with Gasteiger partial charge in [-0.2, -0.15) is 5.10 Å². The van der Waals surface area contributed by atoms with Gasteiger partial charge in [0.25, 0.3) is 5.91 Å². The number of ether oxygens (including phenoxy) is 1. The second-order valence-electron chi connectivity index (χ2n) is 5.88. The van der Waals surface area contributed by atoms with Crippen LogP contribution in [0.2, 0.25) is 0 Å². The maximum absolute atomic E-state index is 12.4. The lowest BCUT2D eigenvalue weighted by Gasteiger charge is -2.08. The van der Waals surface area contributed by atoms with Gasteiger partial charge in [-0.3, -0.25) is 9.78 Å². The highest BCUT2D eigenvalue weighted by atomic mass is 79.9. The lowest BCUT2D eigenvalue weighted by molar-refractivity contribution is 0.0734. The average Bonchev–Trinajstić information content (AvgIpc) is 2.70. The molecule has 6 nitrogen and oxygen atoms in total. The first-order valence-electron chi connectivity index (χ1n) is 8.35. The fourth-order valence-corrected chi connectivity index (χ4v) is 2.74. The number of halogens is 1. The normalized spacial score (nSPS) is 10.6. The molecule has 1 amide bonds. The van der Waals surface area contributed by atoms with Gasteiger partial charge in [0, 0.05) is 22.4 Å². The molecule has 2 aromatic carbocycles. The summed E-state index contributed by atoms with van der Waals surface area (Å²) in [7, 11) is 0. The van der Waals surface area contributed by atoms with E-state index in [0.29, 0.717) is 22.4 Å². The summed E-state index contributed by atoms with van der Waals surface area (Å²) >= 11 is 3.38. The third-order valence-electron chi connectivity index (χ3n) is 3.72. The van der Waals surface area contributed by atoms with Crippen LogP contribution in [0.4, 0.5) is 0 Å². The Labute approximate surface area is 170 Å². The highest BCUT2D eigenvalue weighted by Gasteiger charge is 2.12. The van der Waals surface area contributed by atoms with Crippen molar-refractivity contribution in [2.75, 3.05) is 0 Å². The Balaban J connectivity index is 1.75. The van der Waals surface area contributed by atoms with Crippen LogP contribution in [0.25, 0.3) is 0 Å². The molecule has 0 bridgehead atoms. The quantitative estimate of drug-likeness (QED) is 0.281. The number of amides is 1. The van der Waals surface area contributed by atoms with Gasteiger partial charge >= 0.3 is 5.97 Å². The van der Waals surface area contributed by atoms with E-state index in [9.17, 15) is 9.59 Å². The zero-order chi connectivity index (χ0) is 19.9. The lowest BCUT2D eigenvalue weighted by Crippen LogP contribution is -2.17. The summed E-state index contributed by atoms with van der Waals surface area (Å²) in [6.45, 7) is 1.90. The first-order valence-corrected chi connectivity index (χ1v) is 9.14. The third kappa shape index (κ3) is 5.11. The molecule has 3 rings (SSSR count). The van der Waals surface area contributed by atoms with E-state index in [1.165, 1.54) is 12.4 Å². The predicted molar refractivity (Wildman–Crippen MR) is 110 cm³/mol. The van der Waals surface area contributed by atoms with Crippen LogP contribution in [-0.4, -0.2) is 23.1 Å². The van der Waals surface area contributed by atoms with Gasteiger partial charge in [-0.05, 0) is 49.4 Å². The maximum atomic E-state index is 12.4. The molecule has 7 heteroatoms. The van der Waals surface area contributed by atoms with E-state index in [1.54, 1.807) is 54.7 Å². The summed E-state index contributed by atoms with van der Waals surface area (Å²) in [6, 6.07) is 15.6. The molecular formula is C21H16BrN3O3. The van der Waals surface area contributed by atoms with Gasteiger partial charge in [-0.15, -0.1) is 0 Å². The fraction of sp³-hybridized carbons (Fsp3) is 0.0476. The fourth-order valence-electron chi connectivity index (χ4n) is 2.37. The highest BCUT2D eigenvalue weighted by molar-refractivity contribution is 9.10. The van der Waals surface area contributed by atoms with E-state index in [-0.39, 0.29) is 0 Å². The topological polar surface area (TPSA) is 80.6 Å². The SMILES string of the molecule is Cc1cccc(C(=O)Oc2ccc(Br)cc2/C=N\NC(=O)c2cccnc2)c1. The number of carbonyl (C=O) groups is 2. The monoisotopic (exact) mass is 437 g/mol. The molecule has 0 atom stereocenters. The Morgan fingerprint density at radius 2 is 1.93 bits per heavy atom. The molecule has 3 aromatic rings. The molecule has 1 N–H and O–H groups in total. The van der Waals surface area contributed by atoms with Crippen molar-refractivity contribution in [2.24, 2.45) is 5.10 Å². The molecule has 0 saturated carbocycles. The zero-order valence-electron chi connectivity index (χ0n) is 14.9. The Morgan fingerprint density at radius 1 is 1.11 bits per heavy atom. The molecule has 0 aliphatic heterocycles. The summed E-state index contributed by atoms with van der Waals surface area (Å²) in [5.74, 6) is -0.535. The highest BCUT2D eigenvalue weighted by Crippen LogP contribution is 2.23. The molecular weight excluding hydrogens is 422 g/mol. The minimum Gasteiger partial charge on any atom is -0.422 e. The third-order valence-corrected chi connectivity index (χ3v) is 4.21. The summed E-state index contributed by atoms with van der Waals surface area (Å²) in [5.41, 5.74) is 4.76. The van der Waals surface area contributed by atoms with Crippen molar-refractivity contribution in [2.45, 2.75) is 6.92 Å². The predicted octanol–water partition coefficient (Wildman–Crippen LogP) is 4.14. The van der Waals surface area contributed by atoms with Crippen molar-refractivity contribution in [3.05, 3.63) is 93.7 Å². The number of nitrogens with zero attached hydrogens (tertiary/aromatic N) is 2. The molecule has 28 heavy (non-hydrogen) atoms. The maximum Gasteiger partial charge on any atom is 0.343 e. The summed E-state index contributed by atoms with van der Waals surface area (Å²) in [4.78, 5) is 28.3. The Kier molecular flexibility index (Phi) is 6.29. The van der Waals surface area contributed by atoms with Crippen LogP contribution in [0.5, 0.6) is 5.75 Å². The van der Waals surface area contributed by atoms with E-state index in [4.69, 9.17) is 4.74 Å². The van der Waals surface area contributed by atoms with Crippen LogP contribution in [0.3, 0.4) is 0 Å². The molecule has 0 unspecified atom stereocenters. The largest absolute Gasteiger partial charge is 0.422 e. The number of nitrogens with one attached hydrogen (secondary N) is 1. The number of benzene rings is 2. The first-order chi connectivity index (χ1) is 13.5. The second-order valence-corrected chi connectivity index (χ2v) is 6.80. The standard InChI is InChI=1S/C21H16BrN3O3/c1-14-4-2-5-15(10-14)21(27)28-19-8-7-18(22)11-17(19)13-24-25-20(26)16-6-3-9-23-12-16/h2-13H,1H3,(H,25,26)/b24-13-. The number of rotatable bonds is 5. The molecule has 1 aromatic heterocycles. The van der Waals surface area contributed by atoms with E-state index in [0.717, 1.165) is 10.0 Å². The summed E-state index contributed by atoms with van der Waals surface area (Å²) in [6.07, 6.45) is 4.44. The number of carbonyl (C=O) groups excluding carboxylic acids is 2. The minimum absolute atomic E-state index is 0.328. The molecule has 0 radical (unpaired) electrons. The first kappa shape index (κ1) is 19.4. The van der Waals surface area contributed by atoms with Crippen LogP contribution in [-0.2, 0) is 0 Å². The van der Waals surface area contributed by atoms with Crippen molar-refractivity contribution >= 4 is 34.0 Å². The van der Waals surface area contributed by atoms with Gasteiger partial charge in [0.05, 0.1) is 17.3 Å². The van der Waals surface area contributed by atoms with E-state index in [2.05, 4.69) is 31.4 Å². The Bertz CT molecular complexity index is 1040. The zero-order valence-corrected chi connectivity index (χ0v) is 16.5. The van der Waals surface area contributed by atoms with Crippen LogP contribution in [0.15, 0.2) is 76.6 Å².